The third-order valence-corrected chi connectivity index (χ3v) is 6.50. The van der Waals surface area contributed by atoms with Gasteiger partial charge >= 0.3 is 5.97 Å². The van der Waals surface area contributed by atoms with Crippen molar-refractivity contribution in [3.63, 3.8) is 0 Å². The molecule has 3 atom stereocenters. The fourth-order valence-corrected chi connectivity index (χ4v) is 5.07. The van der Waals surface area contributed by atoms with Crippen LogP contribution in [0.1, 0.15) is 32.1 Å². The highest BCUT2D eigenvalue weighted by atomic mass is 79.9. The molecule has 0 N–H and O–H groups in total. The van der Waals surface area contributed by atoms with Gasteiger partial charge in [0.1, 0.15) is 18.3 Å². The van der Waals surface area contributed by atoms with E-state index in [9.17, 15) is 14.4 Å². The summed E-state index contributed by atoms with van der Waals surface area (Å²) in [5.74, 6) is 0.0279. The van der Waals surface area contributed by atoms with Crippen LogP contribution in [0.2, 0.25) is 0 Å². The van der Waals surface area contributed by atoms with E-state index in [4.69, 9.17) is 9.47 Å². The van der Waals surface area contributed by atoms with Crippen LogP contribution in [0.25, 0.3) is 0 Å². The second-order valence-electron chi connectivity index (χ2n) is 7.57. The van der Waals surface area contributed by atoms with Crippen LogP contribution in [0.5, 0.6) is 5.75 Å². The second kappa shape index (κ2) is 7.73. The zero-order valence-electron chi connectivity index (χ0n) is 15.7. The van der Waals surface area contributed by atoms with Crippen molar-refractivity contribution in [1.29, 1.82) is 0 Å². The molecule has 3 aliphatic rings. The Morgan fingerprint density at radius 2 is 2.07 bits per heavy atom. The molecule has 0 bridgehead atoms. The summed E-state index contributed by atoms with van der Waals surface area (Å²) in [7, 11) is 1.35. The average molecular weight is 451 g/mol. The number of anilines is 1. The molecule has 2 aliphatic heterocycles. The highest BCUT2D eigenvalue weighted by molar-refractivity contribution is 9.10. The van der Waals surface area contributed by atoms with Gasteiger partial charge in [-0.05, 0) is 43.4 Å². The van der Waals surface area contributed by atoms with Crippen molar-refractivity contribution in [2.45, 2.75) is 44.2 Å². The maximum absolute atomic E-state index is 13.3. The number of hydrogen-bond donors (Lipinski definition) is 0. The Balaban J connectivity index is 1.59. The van der Waals surface area contributed by atoms with E-state index in [2.05, 4.69) is 15.9 Å². The molecule has 28 heavy (non-hydrogen) atoms. The van der Waals surface area contributed by atoms with Crippen LogP contribution in [0.3, 0.4) is 0 Å². The molecule has 2 heterocycles. The van der Waals surface area contributed by atoms with Crippen LogP contribution in [-0.2, 0) is 19.1 Å². The van der Waals surface area contributed by atoms with Gasteiger partial charge in [-0.15, -0.1) is 0 Å². The minimum atomic E-state index is -0.564. The lowest BCUT2D eigenvalue weighted by molar-refractivity contribution is -0.152. The number of carbonyl (C=O) groups excluding carboxylic acids is 3. The monoisotopic (exact) mass is 450 g/mol. The average Bonchev–Trinajstić information content (AvgIpc) is 3.09. The van der Waals surface area contributed by atoms with Gasteiger partial charge in [0.05, 0.1) is 12.8 Å². The number of benzene rings is 1. The zero-order valence-corrected chi connectivity index (χ0v) is 17.3. The standard InChI is InChI=1S/C20H23BrN2O5/c1-27-20(26)16-8-12-4-2-3-5-14(12)23(16)18(24)10-22-15-7-6-13(21)9-17(15)28-11-19(22)25/h6-7,9,12,14,16H,2-5,8,10-11H2,1H3. The lowest BCUT2D eigenvalue weighted by Crippen LogP contribution is -2.52. The number of fused-ring (bicyclic) bond motifs is 2. The smallest absolute Gasteiger partial charge is 0.328 e. The number of ether oxygens (including phenoxy) is 2. The molecule has 0 radical (unpaired) electrons. The summed E-state index contributed by atoms with van der Waals surface area (Å²) in [6.45, 7) is -0.212. The molecule has 0 spiro atoms. The van der Waals surface area contributed by atoms with Gasteiger partial charge in [-0.2, -0.15) is 0 Å². The SMILES string of the molecule is COC(=O)C1CC2CCCCC2N1C(=O)CN1C(=O)COc2cc(Br)ccc21. The summed E-state index contributed by atoms with van der Waals surface area (Å²) in [5.41, 5.74) is 0.571. The van der Waals surface area contributed by atoms with E-state index < -0.39 is 6.04 Å². The Morgan fingerprint density at radius 1 is 1.29 bits per heavy atom. The minimum absolute atomic E-state index is 0.0471. The van der Waals surface area contributed by atoms with Crippen LogP contribution < -0.4 is 9.64 Å². The van der Waals surface area contributed by atoms with Crippen molar-refractivity contribution in [1.82, 2.24) is 4.90 Å². The molecule has 150 valence electrons. The van der Waals surface area contributed by atoms with Gasteiger partial charge in [-0.3, -0.25) is 14.5 Å². The van der Waals surface area contributed by atoms with E-state index in [1.165, 1.54) is 12.0 Å². The van der Waals surface area contributed by atoms with Crippen molar-refractivity contribution >= 4 is 39.4 Å². The first-order valence-electron chi connectivity index (χ1n) is 9.61. The number of nitrogens with zero attached hydrogens (tertiary/aromatic N) is 2. The summed E-state index contributed by atoms with van der Waals surface area (Å²) in [5, 5.41) is 0. The van der Waals surface area contributed by atoms with Gasteiger partial charge in [-0.25, -0.2) is 4.79 Å². The predicted octanol–water partition coefficient (Wildman–Crippen LogP) is 2.51. The molecule has 1 aliphatic carbocycles. The maximum atomic E-state index is 13.3. The van der Waals surface area contributed by atoms with Gasteiger partial charge in [0.15, 0.2) is 6.61 Å². The normalized spacial score (nSPS) is 26.4. The van der Waals surface area contributed by atoms with Crippen molar-refractivity contribution in [3.8, 4) is 5.75 Å². The van der Waals surface area contributed by atoms with Gasteiger partial charge in [0, 0.05) is 10.5 Å². The highest BCUT2D eigenvalue weighted by Gasteiger charge is 2.48. The first-order valence-corrected chi connectivity index (χ1v) is 10.4. The molecule has 7 nitrogen and oxygen atoms in total. The summed E-state index contributed by atoms with van der Waals surface area (Å²) in [4.78, 5) is 41.3. The van der Waals surface area contributed by atoms with Gasteiger partial charge < -0.3 is 14.4 Å². The summed E-state index contributed by atoms with van der Waals surface area (Å²) in [6, 6.07) is 4.83. The van der Waals surface area contributed by atoms with E-state index in [1.54, 1.807) is 17.0 Å². The Hall–Kier alpha value is -2.09. The Kier molecular flexibility index (Phi) is 5.31. The number of methoxy groups -OCH3 is 1. The molecular weight excluding hydrogens is 428 g/mol. The molecule has 2 amide bonds. The molecule has 1 saturated heterocycles. The van der Waals surface area contributed by atoms with E-state index in [0.717, 1.165) is 30.2 Å². The molecule has 1 saturated carbocycles. The summed E-state index contributed by atoms with van der Waals surface area (Å²) < 4.78 is 11.3. The topological polar surface area (TPSA) is 76.2 Å². The fourth-order valence-electron chi connectivity index (χ4n) is 4.73. The molecule has 3 unspecified atom stereocenters. The molecule has 8 heteroatoms. The molecule has 4 rings (SSSR count). The van der Waals surface area contributed by atoms with Crippen LogP contribution in [0, 0.1) is 5.92 Å². The van der Waals surface area contributed by atoms with Crippen LogP contribution >= 0.6 is 15.9 Å². The van der Waals surface area contributed by atoms with Crippen molar-refractivity contribution in [2.75, 3.05) is 25.2 Å². The maximum Gasteiger partial charge on any atom is 0.328 e. The quantitative estimate of drug-likeness (QED) is 0.661. The number of carbonyl (C=O) groups is 3. The molecule has 0 aromatic heterocycles. The third kappa shape index (κ3) is 3.38. The van der Waals surface area contributed by atoms with E-state index in [0.29, 0.717) is 23.8 Å². The number of likely N-dealkylation sites (tertiary alicyclic amines) is 1. The van der Waals surface area contributed by atoms with Gasteiger partial charge in [-0.1, -0.05) is 28.8 Å². The van der Waals surface area contributed by atoms with E-state index >= 15 is 0 Å². The molecule has 1 aromatic carbocycles. The predicted molar refractivity (Wildman–Crippen MR) is 105 cm³/mol. The Labute approximate surface area is 172 Å². The number of halogens is 1. The fraction of sp³-hybridized carbons (Fsp3) is 0.550. The van der Waals surface area contributed by atoms with Gasteiger partial charge in [0.25, 0.3) is 5.91 Å². The van der Waals surface area contributed by atoms with Crippen molar-refractivity contribution < 1.29 is 23.9 Å². The number of hydrogen-bond acceptors (Lipinski definition) is 5. The molecule has 2 fully saturated rings. The van der Waals surface area contributed by atoms with E-state index in [1.807, 2.05) is 6.07 Å². The van der Waals surface area contributed by atoms with Crippen LogP contribution in [0.15, 0.2) is 22.7 Å². The Bertz CT molecular complexity index is 814. The van der Waals surface area contributed by atoms with Crippen molar-refractivity contribution in [3.05, 3.63) is 22.7 Å². The zero-order chi connectivity index (χ0) is 19.8. The highest BCUT2D eigenvalue weighted by Crippen LogP contribution is 2.41. The second-order valence-corrected chi connectivity index (χ2v) is 8.48. The van der Waals surface area contributed by atoms with Crippen LogP contribution in [-0.4, -0.2) is 55.0 Å². The number of rotatable bonds is 3. The first-order chi connectivity index (χ1) is 13.5. The summed E-state index contributed by atoms with van der Waals surface area (Å²) in [6.07, 6.45) is 4.73. The van der Waals surface area contributed by atoms with Gasteiger partial charge in [0.2, 0.25) is 5.91 Å². The van der Waals surface area contributed by atoms with Crippen molar-refractivity contribution in [2.24, 2.45) is 5.92 Å². The Morgan fingerprint density at radius 3 is 2.86 bits per heavy atom. The molecular formula is C20H23BrN2O5. The van der Waals surface area contributed by atoms with E-state index in [-0.39, 0.29) is 37.0 Å². The largest absolute Gasteiger partial charge is 0.482 e. The summed E-state index contributed by atoms with van der Waals surface area (Å²) >= 11 is 3.39. The lowest BCUT2D eigenvalue weighted by atomic mass is 9.85. The third-order valence-electron chi connectivity index (χ3n) is 6.01. The van der Waals surface area contributed by atoms with Crippen LogP contribution in [0.4, 0.5) is 5.69 Å². The molecule has 1 aromatic rings. The lowest BCUT2D eigenvalue weighted by Gasteiger charge is -2.36. The minimum Gasteiger partial charge on any atom is -0.482 e. The number of amides is 2. The first kappa shape index (κ1) is 19.2. The number of esters is 1.